The Bertz CT molecular complexity index is 580. The maximum absolute atomic E-state index is 10.9. The first-order valence-corrected chi connectivity index (χ1v) is 6.15. The molecule has 1 aromatic carbocycles. The molecule has 6 heteroatoms. The summed E-state index contributed by atoms with van der Waals surface area (Å²) in [6.45, 7) is 1.48. The number of methoxy groups -OCH3 is 1. The molecule has 1 aromatic heterocycles. The lowest BCUT2D eigenvalue weighted by molar-refractivity contribution is 0.0696. The Morgan fingerprint density at radius 2 is 2.25 bits per heavy atom. The zero-order valence-corrected chi connectivity index (χ0v) is 11.2. The Hall–Kier alpha value is -2.34. The largest absolute Gasteiger partial charge is 0.488 e. The summed E-state index contributed by atoms with van der Waals surface area (Å²) in [7, 11) is 1.61. The van der Waals surface area contributed by atoms with Gasteiger partial charge in [0.25, 0.3) is 0 Å². The third kappa shape index (κ3) is 3.83. The van der Waals surface area contributed by atoms with Gasteiger partial charge in [-0.2, -0.15) is 5.10 Å². The average Bonchev–Trinajstić information content (AvgIpc) is 2.87. The molecule has 1 heterocycles. The number of carboxylic acids is 1. The number of carbonyl (C=O) groups is 1. The van der Waals surface area contributed by atoms with Gasteiger partial charge in [-0.15, -0.1) is 0 Å². The van der Waals surface area contributed by atoms with Gasteiger partial charge < -0.3 is 14.6 Å². The highest BCUT2D eigenvalue weighted by molar-refractivity contribution is 5.87. The van der Waals surface area contributed by atoms with Crippen molar-refractivity contribution in [3.05, 3.63) is 47.8 Å². The highest BCUT2D eigenvalue weighted by atomic mass is 16.5. The van der Waals surface area contributed by atoms with Gasteiger partial charge in [0.2, 0.25) is 0 Å². The minimum atomic E-state index is -0.934. The predicted molar refractivity (Wildman–Crippen MR) is 72.1 cm³/mol. The molecule has 106 valence electrons. The number of aromatic carboxylic acids is 1. The number of carboxylic acid groups (broad SMARTS) is 1. The van der Waals surface area contributed by atoms with Gasteiger partial charge >= 0.3 is 5.97 Å². The second-order valence-electron chi connectivity index (χ2n) is 4.22. The van der Waals surface area contributed by atoms with Gasteiger partial charge in [-0.1, -0.05) is 12.1 Å². The maximum atomic E-state index is 10.9. The van der Waals surface area contributed by atoms with Crippen LogP contribution in [0.25, 0.3) is 0 Å². The highest BCUT2D eigenvalue weighted by Gasteiger charge is 2.05. The van der Waals surface area contributed by atoms with Crippen LogP contribution in [0.15, 0.2) is 36.7 Å². The molecular formula is C14H16N2O4. The smallest absolute Gasteiger partial charge is 0.335 e. The Morgan fingerprint density at radius 1 is 1.40 bits per heavy atom. The van der Waals surface area contributed by atoms with Crippen molar-refractivity contribution in [3.63, 3.8) is 0 Å². The molecular weight excluding hydrogens is 260 g/mol. The molecule has 0 atom stereocenters. The molecule has 0 saturated carbocycles. The number of rotatable bonds is 7. The third-order valence-corrected chi connectivity index (χ3v) is 2.68. The fraction of sp³-hybridized carbons (Fsp3) is 0.286. The molecule has 20 heavy (non-hydrogen) atoms. The lowest BCUT2D eigenvalue weighted by Crippen LogP contribution is -2.04. The minimum Gasteiger partial charge on any atom is -0.488 e. The van der Waals surface area contributed by atoms with Crippen LogP contribution in [0, 0.1) is 0 Å². The maximum Gasteiger partial charge on any atom is 0.335 e. The van der Waals surface area contributed by atoms with E-state index < -0.39 is 5.97 Å². The Balaban J connectivity index is 1.99. The monoisotopic (exact) mass is 276 g/mol. The van der Waals surface area contributed by atoms with Crippen LogP contribution in [0.4, 0.5) is 0 Å². The quantitative estimate of drug-likeness (QED) is 0.778. The van der Waals surface area contributed by atoms with Crippen LogP contribution in [0.3, 0.4) is 0 Å². The summed E-state index contributed by atoms with van der Waals surface area (Å²) in [5.74, 6) is -0.271. The molecule has 0 aliphatic carbocycles. The standard InChI is InChI=1S/C14H16N2O4/c1-19-5-6-20-13-8-15-16(10-13)9-11-3-2-4-12(7-11)14(17)18/h2-4,7-8,10H,5-6,9H2,1H3,(H,17,18). The molecule has 0 unspecified atom stereocenters. The number of nitrogens with zero attached hydrogens (tertiary/aromatic N) is 2. The van der Waals surface area contributed by atoms with Crippen molar-refractivity contribution in [2.75, 3.05) is 20.3 Å². The molecule has 0 radical (unpaired) electrons. The number of aromatic nitrogens is 2. The minimum absolute atomic E-state index is 0.270. The zero-order chi connectivity index (χ0) is 14.4. The fourth-order valence-electron chi connectivity index (χ4n) is 1.74. The average molecular weight is 276 g/mol. The van der Waals surface area contributed by atoms with Gasteiger partial charge in [-0.05, 0) is 17.7 Å². The summed E-state index contributed by atoms with van der Waals surface area (Å²) in [5.41, 5.74) is 1.14. The van der Waals surface area contributed by atoms with Crippen LogP contribution < -0.4 is 4.74 Å². The van der Waals surface area contributed by atoms with Crippen molar-refractivity contribution < 1.29 is 19.4 Å². The van der Waals surface area contributed by atoms with Crippen LogP contribution in [-0.2, 0) is 11.3 Å². The topological polar surface area (TPSA) is 73.6 Å². The molecule has 0 amide bonds. The molecule has 0 fully saturated rings. The molecule has 0 aliphatic heterocycles. The Labute approximate surface area is 116 Å². The Kier molecular flexibility index (Phi) is 4.73. The summed E-state index contributed by atoms with van der Waals surface area (Å²) in [6, 6.07) is 6.78. The molecule has 0 bridgehead atoms. The number of benzene rings is 1. The summed E-state index contributed by atoms with van der Waals surface area (Å²) in [4.78, 5) is 10.9. The van der Waals surface area contributed by atoms with E-state index in [1.54, 1.807) is 42.4 Å². The van der Waals surface area contributed by atoms with Crippen molar-refractivity contribution in [2.45, 2.75) is 6.54 Å². The second kappa shape index (κ2) is 6.72. The van der Waals surface area contributed by atoms with Crippen molar-refractivity contribution in [1.82, 2.24) is 9.78 Å². The van der Waals surface area contributed by atoms with Crippen molar-refractivity contribution in [3.8, 4) is 5.75 Å². The first kappa shape index (κ1) is 14.1. The Morgan fingerprint density at radius 3 is 3.00 bits per heavy atom. The molecule has 0 aliphatic rings. The van der Waals surface area contributed by atoms with Gasteiger partial charge in [-0.25, -0.2) is 4.79 Å². The molecule has 1 N–H and O–H groups in total. The first-order chi connectivity index (χ1) is 9.69. The fourth-order valence-corrected chi connectivity index (χ4v) is 1.74. The summed E-state index contributed by atoms with van der Waals surface area (Å²) in [5, 5.41) is 13.1. The van der Waals surface area contributed by atoms with E-state index in [1.807, 2.05) is 6.07 Å². The van der Waals surface area contributed by atoms with Crippen LogP contribution in [0.2, 0.25) is 0 Å². The van der Waals surface area contributed by atoms with Crippen LogP contribution in [0.1, 0.15) is 15.9 Å². The van der Waals surface area contributed by atoms with Gasteiger partial charge in [0.05, 0.1) is 31.1 Å². The number of hydrogen-bond donors (Lipinski definition) is 1. The normalized spacial score (nSPS) is 10.4. The van der Waals surface area contributed by atoms with E-state index in [2.05, 4.69) is 5.10 Å². The lowest BCUT2D eigenvalue weighted by atomic mass is 10.1. The van der Waals surface area contributed by atoms with E-state index in [0.29, 0.717) is 25.5 Å². The van der Waals surface area contributed by atoms with Gasteiger partial charge in [0, 0.05) is 7.11 Å². The molecule has 2 rings (SSSR count). The van der Waals surface area contributed by atoms with Crippen LogP contribution in [0.5, 0.6) is 5.75 Å². The summed E-state index contributed by atoms with van der Waals surface area (Å²) < 4.78 is 12.0. The van der Waals surface area contributed by atoms with Gasteiger partial charge in [0.15, 0.2) is 5.75 Å². The highest BCUT2D eigenvalue weighted by Crippen LogP contribution is 2.11. The lowest BCUT2D eigenvalue weighted by Gasteiger charge is -2.03. The molecule has 0 saturated heterocycles. The van der Waals surface area contributed by atoms with E-state index in [1.165, 1.54) is 0 Å². The first-order valence-electron chi connectivity index (χ1n) is 6.15. The van der Waals surface area contributed by atoms with Gasteiger partial charge in [0.1, 0.15) is 6.61 Å². The van der Waals surface area contributed by atoms with E-state index in [9.17, 15) is 4.79 Å². The van der Waals surface area contributed by atoms with Crippen molar-refractivity contribution in [2.24, 2.45) is 0 Å². The van der Waals surface area contributed by atoms with Gasteiger partial charge in [-0.3, -0.25) is 4.68 Å². The van der Waals surface area contributed by atoms with E-state index in [-0.39, 0.29) is 5.56 Å². The van der Waals surface area contributed by atoms with Crippen molar-refractivity contribution >= 4 is 5.97 Å². The van der Waals surface area contributed by atoms with Crippen LogP contribution in [-0.4, -0.2) is 41.2 Å². The second-order valence-corrected chi connectivity index (χ2v) is 4.22. The predicted octanol–water partition coefficient (Wildman–Crippen LogP) is 1.65. The third-order valence-electron chi connectivity index (χ3n) is 2.68. The summed E-state index contributed by atoms with van der Waals surface area (Å²) in [6.07, 6.45) is 3.39. The van der Waals surface area contributed by atoms with E-state index >= 15 is 0 Å². The number of ether oxygens (including phenoxy) is 2. The van der Waals surface area contributed by atoms with E-state index in [4.69, 9.17) is 14.6 Å². The zero-order valence-electron chi connectivity index (χ0n) is 11.2. The van der Waals surface area contributed by atoms with E-state index in [0.717, 1.165) is 5.56 Å². The molecule has 6 nitrogen and oxygen atoms in total. The SMILES string of the molecule is COCCOc1cnn(Cc2cccc(C(=O)O)c2)c1. The number of hydrogen-bond acceptors (Lipinski definition) is 4. The molecule has 2 aromatic rings. The van der Waals surface area contributed by atoms with Crippen molar-refractivity contribution in [1.29, 1.82) is 0 Å². The molecule has 0 spiro atoms. The van der Waals surface area contributed by atoms with Crippen LogP contribution >= 0.6 is 0 Å². The summed E-state index contributed by atoms with van der Waals surface area (Å²) >= 11 is 0.